The third kappa shape index (κ3) is 4.56. The Morgan fingerprint density at radius 1 is 1.21 bits per heavy atom. The van der Waals surface area contributed by atoms with Crippen molar-refractivity contribution in [3.8, 4) is 12.0 Å². The summed E-state index contributed by atoms with van der Waals surface area (Å²) < 4.78 is 5.57. The van der Waals surface area contributed by atoms with Gasteiger partial charge in [0.25, 0.3) is 0 Å². The summed E-state index contributed by atoms with van der Waals surface area (Å²) in [5.41, 5.74) is 0.0558. The minimum absolute atomic E-state index is 0.0558. The van der Waals surface area contributed by atoms with Gasteiger partial charge in [-0.15, -0.1) is 0 Å². The molecule has 2 atom stereocenters. The second-order valence-corrected chi connectivity index (χ2v) is 5.49. The van der Waals surface area contributed by atoms with Gasteiger partial charge in [-0.3, -0.25) is 0 Å². The minimum Gasteiger partial charge on any atom is -0.443 e. The molecule has 80 valence electrons. The molecule has 1 fully saturated rings. The SMILES string of the molecule is C[C@H]1CCC[C@H](OC#CC(C)(C)C)C1. The molecule has 0 aliphatic heterocycles. The second-order valence-electron chi connectivity index (χ2n) is 5.49. The zero-order valence-corrected chi connectivity index (χ0v) is 9.89. The van der Waals surface area contributed by atoms with E-state index in [1.54, 1.807) is 0 Å². The van der Waals surface area contributed by atoms with E-state index in [1.165, 1.54) is 25.7 Å². The summed E-state index contributed by atoms with van der Waals surface area (Å²) in [5, 5.41) is 0. The van der Waals surface area contributed by atoms with E-state index in [0.717, 1.165) is 5.92 Å². The van der Waals surface area contributed by atoms with Crippen LogP contribution in [0.4, 0.5) is 0 Å². The van der Waals surface area contributed by atoms with E-state index in [-0.39, 0.29) is 5.41 Å². The molecule has 0 heterocycles. The number of ether oxygens (including phenoxy) is 1. The van der Waals surface area contributed by atoms with Gasteiger partial charge < -0.3 is 4.74 Å². The van der Waals surface area contributed by atoms with Crippen molar-refractivity contribution in [3.05, 3.63) is 0 Å². The lowest BCUT2D eigenvalue weighted by Crippen LogP contribution is -2.19. The fourth-order valence-corrected chi connectivity index (χ4v) is 1.75. The van der Waals surface area contributed by atoms with Gasteiger partial charge in [-0.1, -0.05) is 19.3 Å². The summed E-state index contributed by atoms with van der Waals surface area (Å²) in [6, 6.07) is 0. The number of rotatable bonds is 1. The lowest BCUT2D eigenvalue weighted by atomic mass is 9.89. The van der Waals surface area contributed by atoms with Gasteiger partial charge in [-0.25, -0.2) is 0 Å². The molecule has 1 saturated carbocycles. The fourth-order valence-electron chi connectivity index (χ4n) is 1.75. The summed E-state index contributed by atoms with van der Waals surface area (Å²) in [6.07, 6.45) is 8.26. The Morgan fingerprint density at radius 2 is 1.93 bits per heavy atom. The molecule has 0 amide bonds. The van der Waals surface area contributed by atoms with Crippen molar-refractivity contribution in [1.82, 2.24) is 0 Å². The molecule has 0 radical (unpaired) electrons. The predicted molar refractivity (Wildman–Crippen MR) is 59.7 cm³/mol. The minimum atomic E-state index is 0.0558. The van der Waals surface area contributed by atoms with Crippen LogP contribution in [0, 0.1) is 23.4 Å². The van der Waals surface area contributed by atoms with Crippen LogP contribution in [0.3, 0.4) is 0 Å². The van der Waals surface area contributed by atoms with Crippen LogP contribution in [0.5, 0.6) is 0 Å². The van der Waals surface area contributed by atoms with Crippen LogP contribution < -0.4 is 0 Å². The first-order valence-electron chi connectivity index (χ1n) is 5.65. The van der Waals surface area contributed by atoms with Crippen molar-refractivity contribution >= 4 is 0 Å². The van der Waals surface area contributed by atoms with Crippen LogP contribution in [-0.4, -0.2) is 6.10 Å². The summed E-state index contributed by atoms with van der Waals surface area (Å²) in [7, 11) is 0. The van der Waals surface area contributed by atoms with Crippen molar-refractivity contribution in [3.63, 3.8) is 0 Å². The molecule has 1 aliphatic carbocycles. The summed E-state index contributed by atoms with van der Waals surface area (Å²) in [4.78, 5) is 0. The first kappa shape index (κ1) is 11.4. The zero-order valence-electron chi connectivity index (χ0n) is 9.89. The third-order valence-electron chi connectivity index (χ3n) is 2.54. The second kappa shape index (κ2) is 4.73. The highest BCUT2D eigenvalue weighted by molar-refractivity contribution is 5.02. The van der Waals surface area contributed by atoms with Crippen LogP contribution >= 0.6 is 0 Å². The largest absolute Gasteiger partial charge is 0.443 e. The standard InChI is InChI=1S/C13H22O/c1-11-6-5-7-12(10-11)14-9-8-13(2,3)4/h11-12H,5-7,10H2,1-4H3/t11-,12-/m0/s1. The lowest BCUT2D eigenvalue weighted by Gasteiger charge is -2.24. The summed E-state index contributed by atoms with van der Waals surface area (Å²) in [6.45, 7) is 8.61. The molecule has 0 aromatic heterocycles. The Balaban J connectivity index is 2.33. The van der Waals surface area contributed by atoms with Gasteiger partial charge in [0.15, 0.2) is 0 Å². The molecule has 0 aromatic rings. The average molecular weight is 194 g/mol. The van der Waals surface area contributed by atoms with Gasteiger partial charge >= 0.3 is 0 Å². The maximum Gasteiger partial charge on any atom is 0.111 e. The van der Waals surface area contributed by atoms with Crippen LogP contribution in [0.25, 0.3) is 0 Å². The molecule has 1 rings (SSSR count). The van der Waals surface area contributed by atoms with E-state index in [1.807, 2.05) is 0 Å². The van der Waals surface area contributed by atoms with Crippen molar-refractivity contribution < 1.29 is 4.74 Å². The molecule has 1 heteroatoms. The van der Waals surface area contributed by atoms with Crippen molar-refractivity contribution in [1.29, 1.82) is 0 Å². The molecule has 14 heavy (non-hydrogen) atoms. The van der Waals surface area contributed by atoms with E-state index in [4.69, 9.17) is 4.74 Å². The van der Waals surface area contributed by atoms with Gasteiger partial charge in [-0.05, 0) is 46.0 Å². The van der Waals surface area contributed by atoms with Crippen LogP contribution in [-0.2, 0) is 4.74 Å². The van der Waals surface area contributed by atoms with Crippen molar-refractivity contribution in [2.24, 2.45) is 11.3 Å². The molecule has 0 N–H and O–H groups in total. The van der Waals surface area contributed by atoms with Gasteiger partial charge in [0, 0.05) is 5.41 Å². The molecule has 0 bridgehead atoms. The fraction of sp³-hybridized carbons (Fsp3) is 0.846. The first-order valence-corrected chi connectivity index (χ1v) is 5.65. The maximum absolute atomic E-state index is 5.57. The average Bonchev–Trinajstić information content (AvgIpc) is 2.01. The normalized spacial score (nSPS) is 27.7. The van der Waals surface area contributed by atoms with Gasteiger partial charge in [0.05, 0.1) is 0 Å². The Hall–Kier alpha value is -0.640. The highest BCUT2D eigenvalue weighted by Gasteiger charge is 2.19. The number of hydrogen-bond acceptors (Lipinski definition) is 1. The highest BCUT2D eigenvalue weighted by atomic mass is 16.5. The predicted octanol–water partition coefficient (Wildman–Crippen LogP) is 3.59. The lowest BCUT2D eigenvalue weighted by molar-refractivity contribution is 0.101. The van der Waals surface area contributed by atoms with E-state index >= 15 is 0 Å². The number of hydrogen-bond donors (Lipinski definition) is 0. The summed E-state index contributed by atoms with van der Waals surface area (Å²) in [5.74, 6) is 3.92. The van der Waals surface area contributed by atoms with E-state index in [9.17, 15) is 0 Å². The topological polar surface area (TPSA) is 9.23 Å². The Kier molecular flexibility index (Phi) is 3.86. The molecule has 0 aromatic carbocycles. The van der Waals surface area contributed by atoms with E-state index in [0.29, 0.717) is 6.10 Å². The molecule has 1 nitrogen and oxygen atoms in total. The van der Waals surface area contributed by atoms with Crippen molar-refractivity contribution in [2.45, 2.75) is 59.5 Å². The van der Waals surface area contributed by atoms with Crippen LogP contribution in [0.15, 0.2) is 0 Å². The Morgan fingerprint density at radius 3 is 2.50 bits per heavy atom. The molecular weight excluding hydrogens is 172 g/mol. The highest BCUT2D eigenvalue weighted by Crippen LogP contribution is 2.25. The molecule has 0 spiro atoms. The third-order valence-corrected chi connectivity index (χ3v) is 2.54. The van der Waals surface area contributed by atoms with Crippen LogP contribution in [0.1, 0.15) is 53.4 Å². The van der Waals surface area contributed by atoms with Crippen LogP contribution in [0.2, 0.25) is 0 Å². The van der Waals surface area contributed by atoms with Gasteiger partial charge in [0.2, 0.25) is 0 Å². The quantitative estimate of drug-likeness (QED) is 0.580. The monoisotopic (exact) mass is 194 g/mol. The Labute approximate surface area is 88.2 Å². The van der Waals surface area contributed by atoms with Gasteiger partial charge in [0.1, 0.15) is 12.2 Å². The maximum atomic E-state index is 5.57. The van der Waals surface area contributed by atoms with E-state index < -0.39 is 0 Å². The first-order chi connectivity index (χ1) is 6.47. The smallest absolute Gasteiger partial charge is 0.111 e. The van der Waals surface area contributed by atoms with E-state index in [2.05, 4.69) is 39.7 Å². The molecular formula is C13H22O. The molecule has 0 unspecified atom stereocenters. The molecule has 0 saturated heterocycles. The Bertz CT molecular complexity index is 226. The van der Waals surface area contributed by atoms with Crippen molar-refractivity contribution in [2.75, 3.05) is 0 Å². The molecule has 1 aliphatic rings. The summed E-state index contributed by atoms with van der Waals surface area (Å²) >= 11 is 0. The zero-order chi connectivity index (χ0) is 10.6. The van der Waals surface area contributed by atoms with Gasteiger partial charge in [-0.2, -0.15) is 0 Å².